The lowest BCUT2D eigenvalue weighted by atomic mass is 10.2. The third-order valence-electron chi connectivity index (χ3n) is 1.28. The summed E-state index contributed by atoms with van der Waals surface area (Å²) in [5, 5.41) is 11.2. The summed E-state index contributed by atoms with van der Waals surface area (Å²) in [5.74, 6) is -0.810. The van der Waals surface area contributed by atoms with E-state index in [0.717, 1.165) is 4.86 Å². The molecule has 0 aliphatic carbocycles. The van der Waals surface area contributed by atoms with Crippen molar-refractivity contribution in [3.63, 3.8) is 0 Å². The summed E-state index contributed by atoms with van der Waals surface area (Å²) in [7, 11) is 0. The molecular weight excluding hydrogens is 174 g/mol. The molecule has 1 saturated heterocycles. The maximum atomic E-state index is 10.2. The number of thiocarbonyl (C=S) groups is 1. The quantitative estimate of drug-likeness (QED) is 0.569. The van der Waals surface area contributed by atoms with Gasteiger partial charge >= 0.3 is 5.97 Å². The molecule has 1 atom stereocenters. The molecular formula is C5H8ClNO2S. The molecule has 0 bridgehead atoms. The predicted molar refractivity (Wildman–Crippen MR) is 43.9 cm³/mol. The summed E-state index contributed by atoms with van der Waals surface area (Å²) in [4.78, 5) is 11.0. The van der Waals surface area contributed by atoms with Crippen LogP contribution in [0.4, 0.5) is 0 Å². The van der Waals surface area contributed by atoms with Gasteiger partial charge < -0.3 is 5.11 Å². The second kappa shape index (κ2) is 3.85. The molecule has 5 heteroatoms. The van der Waals surface area contributed by atoms with Gasteiger partial charge in [0.25, 0.3) is 0 Å². The summed E-state index contributed by atoms with van der Waals surface area (Å²) in [6.45, 7) is 0.576. The number of aliphatic carboxylic acids is 1. The molecule has 1 fully saturated rings. The van der Waals surface area contributed by atoms with E-state index in [9.17, 15) is 4.79 Å². The lowest BCUT2D eigenvalue weighted by Gasteiger charge is -1.98. The average Bonchev–Trinajstić information content (AvgIpc) is 2.14. The first-order chi connectivity index (χ1) is 4.20. The normalized spacial score (nSPS) is 24.0. The van der Waals surface area contributed by atoms with Gasteiger partial charge in [-0.2, -0.15) is 0 Å². The van der Waals surface area contributed by atoms with Crippen LogP contribution in [0.2, 0.25) is 0 Å². The first kappa shape index (κ1) is 9.81. The zero-order valence-electron chi connectivity index (χ0n) is 5.16. The van der Waals surface area contributed by atoms with Gasteiger partial charge in [0.05, 0.1) is 0 Å². The van der Waals surface area contributed by atoms with E-state index < -0.39 is 12.0 Å². The standard InChI is InChI=1S/C5H7NO2S.ClH/c7-5(8)4-1-3(9)2-6-4;/h4,6H,1-2H2,(H,7,8);1H/t4-;/m0./s1. The Hall–Kier alpha value is -0.190. The molecule has 0 amide bonds. The topological polar surface area (TPSA) is 49.3 Å². The molecule has 0 unspecified atom stereocenters. The first-order valence-corrected chi connectivity index (χ1v) is 3.09. The molecule has 0 spiro atoms. The summed E-state index contributed by atoms with van der Waals surface area (Å²) < 4.78 is 0. The molecule has 0 aromatic rings. The second-order valence-corrected chi connectivity index (χ2v) is 2.59. The number of carbonyl (C=O) groups is 1. The molecule has 0 radical (unpaired) electrons. The van der Waals surface area contributed by atoms with Crippen molar-refractivity contribution in [3.05, 3.63) is 0 Å². The Labute approximate surface area is 70.2 Å². The minimum absolute atomic E-state index is 0. The highest BCUT2D eigenvalue weighted by Gasteiger charge is 2.24. The Balaban J connectivity index is 0.000000810. The van der Waals surface area contributed by atoms with E-state index in [2.05, 4.69) is 5.32 Å². The molecule has 1 aliphatic rings. The minimum atomic E-state index is -0.810. The molecule has 3 nitrogen and oxygen atoms in total. The predicted octanol–water partition coefficient (Wildman–Crippen LogP) is 0.225. The van der Waals surface area contributed by atoms with Crippen LogP contribution in [-0.4, -0.2) is 28.5 Å². The highest BCUT2D eigenvalue weighted by molar-refractivity contribution is 7.80. The van der Waals surface area contributed by atoms with Crippen LogP contribution < -0.4 is 5.32 Å². The smallest absolute Gasteiger partial charge is 0.321 e. The van der Waals surface area contributed by atoms with Crippen molar-refractivity contribution in [3.8, 4) is 0 Å². The van der Waals surface area contributed by atoms with E-state index in [1.54, 1.807) is 0 Å². The second-order valence-electron chi connectivity index (χ2n) is 2.01. The Morgan fingerprint density at radius 2 is 2.40 bits per heavy atom. The Morgan fingerprint density at radius 3 is 2.60 bits per heavy atom. The minimum Gasteiger partial charge on any atom is -0.480 e. The van der Waals surface area contributed by atoms with Gasteiger partial charge in [0.2, 0.25) is 0 Å². The molecule has 1 aliphatic heterocycles. The molecule has 1 rings (SSSR count). The van der Waals surface area contributed by atoms with Crippen LogP contribution in [0.15, 0.2) is 0 Å². The fourth-order valence-electron chi connectivity index (χ4n) is 0.784. The summed E-state index contributed by atoms with van der Waals surface area (Å²) >= 11 is 4.79. The van der Waals surface area contributed by atoms with Crippen LogP contribution in [-0.2, 0) is 4.79 Å². The zero-order valence-corrected chi connectivity index (χ0v) is 6.80. The Kier molecular flexibility index (Phi) is 3.78. The number of carboxylic acid groups (broad SMARTS) is 1. The molecule has 10 heavy (non-hydrogen) atoms. The highest BCUT2D eigenvalue weighted by Crippen LogP contribution is 2.02. The molecule has 2 N–H and O–H groups in total. The van der Waals surface area contributed by atoms with Gasteiger partial charge in [-0.05, 0) is 0 Å². The van der Waals surface area contributed by atoms with Gasteiger partial charge in [0.15, 0.2) is 0 Å². The molecule has 1 heterocycles. The fraction of sp³-hybridized carbons (Fsp3) is 0.600. The zero-order chi connectivity index (χ0) is 6.85. The van der Waals surface area contributed by atoms with Gasteiger partial charge in [0, 0.05) is 17.8 Å². The van der Waals surface area contributed by atoms with Crippen molar-refractivity contribution in [2.24, 2.45) is 0 Å². The van der Waals surface area contributed by atoms with Gasteiger partial charge in [0.1, 0.15) is 6.04 Å². The number of halogens is 1. The van der Waals surface area contributed by atoms with E-state index in [4.69, 9.17) is 17.3 Å². The fourth-order valence-corrected chi connectivity index (χ4v) is 1.03. The maximum Gasteiger partial charge on any atom is 0.321 e. The van der Waals surface area contributed by atoms with Crippen molar-refractivity contribution >= 4 is 35.5 Å². The number of nitrogens with one attached hydrogen (secondary N) is 1. The van der Waals surface area contributed by atoms with Crippen LogP contribution in [0, 0.1) is 0 Å². The molecule has 0 aromatic carbocycles. The van der Waals surface area contributed by atoms with Crippen LogP contribution in [0.1, 0.15) is 6.42 Å². The Morgan fingerprint density at radius 1 is 1.80 bits per heavy atom. The summed E-state index contributed by atoms with van der Waals surface area (Å²) in [5.41, 5.74) is 0. The Bertz CT molecular complexity index is 162. The highest BCUT2D eigenvalue weighted by atomic mass is 35.5. The van der Waals surface area contributed by atoms with Crippen molar-refractivity contribution < 1.29 is 9.90 Å². The van der Waals surface area contributed by atoms with Crippen molar-refractivity contribution in [1.82, 2.24) is 5.32 Å². The van der Waals surface area contributed by atoms with Crippen molar-refractivity contribution in [2.75, 3.05) is 6.54 Å². The van der Waals surface area contributed by atoms with Crippen LogP contribution >= 0.6 is 24.6 Å². The maximum absolute atomic E-state index is 10.2. The number of carboxylic acids is 1. The van der Waals surface area contributed by atoms with E-state index in [1.165, 1.54) is 0 Å². The summed E-state index contributed by atoms with van der Waals surface area (Å²) in [6, 6.07) is -0.433. The number of rotatable bonds is 1. The van der Waals surface area contributed by atoms with Gasteiger partial charge in [-0.3, -0.25) is 10.1 Å². The van der Waals surface area contributed by atoms with Crippen LogP contribution in [0.3, 0.4) is 0 Å². The van der Waals surface area contributed by atoms with Crippen molar-refractivity contribution in [2.45, 2.75) is 12.5 Å². The average molecular weight is 182 g/mol. The SMILES string of the molecule is Cl.O=C(O)[C@@H]1CC(=S)CN1. The number of hydrogen-bond acceptors (Lipinski definition) is 3. The first-order valence-electron chi connectivity index (χ1n) is 2.68. The van der Waals surface area contributed by atoms with Gasteiger partial charge in [-0.1, -0.05) is 12.2 Å². The largest absolute Gasteiger partial charge is 0.480 e. The van der Waals surface area contributed by atoms with Crippen LogP contribution in [0.25, 0.3) is 0 Å². The number of hydrogen-bond donors (Lipinski definition) is 2. The third kappa shape index (κ3) is 2.21. The van der Waals surface area contributed by atoms with E-state index in [-0.39, 0.29) is 12.4 Å². The van der Waals surface area contributed by atoms with E-state index in [0.29, 0.717) is 13.0 Å². The van der Waals surface area contributed by atoms with E-state index >= 15 is 0 Å². The third-order valence-corrected chi connectivity index (χ3v) is 1.59. The molecule has 0 aromatic heterocycles. The van der Waals surface area contributed by atoms with Crippen LogP contribution in [0.5, 0.6) is 0 Å². The molecule has 0 saturated carbocycles. The van der Waals surface area contributed by atoms with E-state index in [1.807, 2.05) is 0 Å². The summed E-state index contributed by atoms with van der Waals surface area (Å²) in [6.07, 6.45) is 0.505. The van der Waals surface area contributed by atoms with Gasteiger partial charge in [-0.15, -0.1) is 12.4 Å². The molecule has 58 valence electrons. The lowest BCUT2D eigenvalue weighted by Crippen LogP contribution is -2.29. The van der Waals surface area contributed by atoms with Crippen molar-refractivity contribution in [1.29, 1.82) is 0 Å². The van der Waals surface area contributed by atoms with Gasteiger partial charge in [-0.25, -0.2) is 0 Å². The monoisotopic (exact) mass is 181 g/mol. The lowest BCUT2D eigenvalue weighted by molar-refractivity contribution is -0.138.